The summed E-state index contributed by atoms with van der Waals surface area (Å²) >= 11 is 7.30. The third-order valence-corrected chi connectivity index (χ3v) is 7.06. The van der Waals surface area contributed by atoms with Gasteiger partial charge in [-0.15, -0.1) is 0 Å². The van der Waals surface area contributed by atoms with Gasteiger partial charge in [-0.05, 0) is 12.1 Å². The molecule has 3 nitrogen and oxygen atoms in total. The van der Waals surface area contributed by atoms with Gasteiger partial charge in [0.25, 0.3) is 0 Å². The molecule has 0 unspecified atom stereocenters. The first-order valence-electron chi connectivity index (χ1n) is 6.40. The summed E-state index contributed by atoms with van der Waals surface area (Å²) in [5.41, 5.74) is 2.37. The van der Waals surface area contributed by atoms with Crippen LogP contribution in [0.4, 0.5) is 0 Å². The zero-order valence-corrected chi connectivity index (χ0v) is 14.3. The Morgan fingerprint density at radius 3 is 2.45 bits per heavy atom. The minimum atomic E-state index is -0.226. The predicted molar refractivity (Wildman–Crippen MR) is 86.1 cm³/mol. The van der Waals surface area contributed by atoms with Gasteiger partial charge in [-0.25, -0.2) is 4.68 Å². The van der Waals surface area contributed by atoms with Crippen LogP contribution in [0.2, 0.25) is 0 Å². The number of hydrogen-bond acceptors (Lipinski definition) is 2. The molecule has 1 aliphatic rings. The zero-order chi connectivity index (χ0) is 14.5. The number of carbonyl (C=O) groups excluding carboxylic acids is 1. The van der Waals surface area contributed by atoms with Crippen LogP contribution < -0.4 is 0 Å². The number of benzene rings is 1. The fraction of sp³-hybridized carbons (Fsp3) is 0.333. The van der Waals surface area contributed by atoms with Crippen molar-refractivity contribution in [2.75, 3.05) is 0 Å². The lowest BCUT2D eigenvalue weighted by Crippen LogP contribution is -2.40. The fourth-order valence-electron chi connectivity index (χ4n) is 2.52. The van der Waals surface area contributed by atoms with Crippen molar-refractivity contribution in [1.82, 2.24) is 9.78 Å². The molecule has 0 saturated heterocycles. The van der Waals surface area contributed by atoms with Crippen molar-refractivity contribution >= 4 is 37.6 Å². The molecule has 1 aromatic carbocycles. The number of hydrogen-bond donors (Lipinski definition) is 0. The molecule has 2 aromatic rings. The minimum Gasteiger partial charge on any atom is -0.293 e. The van der Waals surface area contributed by atoms with E-state index in [4.69, 9.17) is 0 Å². The first kappa shape index (κ1) is 14.0. The largest absolute Gasteiger partial charge is 0.293 e. The van der Waals surface area contributed by atoms with Crippen molar-refractivity contribution in [1.29, 1.82) is 0 Å². The maximum Gasteiger partial charge on any atom is 0.180 e. The third-order valence-electron chi connectivity index (χ3n) is 3.85. The Hall–Kier alpha value is -0.940. The fourth-order valence-corrected chi connectivity index (χ4v) is 4.09. The normalized spacial score (nSPS) is 24.5. The number of nitrogens with zero attached hydrogens (tertiary/aromatic N) is 2. The second-order valence-corrected chi connectivity index (χ2v) is 7.43. The van der Waals surface area contributed by atoms with Crippen LogP contribution in [0, 0.1) is 5.41 Å². The van der Waals surface area contributed by atoms with Gasteiger partial charge in [-0.1, -0.05) is 63.9 Å². The molecule has 5 heteroatoms. The summed E-state index contributed by atoms with van der Waals surface area (Å²) < 4.78 is 1.85. The number of carbonyl (C=O) groups is 1. The van der Waals surface area contributed by atoms with E-state index in [0.29, 0.717) is 5.56 Å². The van der Waals surface area contributed by atoms with Crippen LogP contribution in [0.15, 0.2) is 36.5 Å². The smallest absolute Gasteiger partial charge is 0.180 e. The Morgan fingerprint density at radius 2 is 1.80 bits per heavy atom. The number of aromatic nitrogens is 2. The molecule has 0 fully saturated rings. The Morgan fingerprint density at radius 1 is 1.15 bits per heavy atom. The maximum absolute atomic E-state index is 12.5. The van der Waals surface area contributed by atoms with Crippen LogP contribution in [0.25, 0.3) is 5.69 Å². The van der Waals surface area contributed by atoms with E-state index in [2.05, 4.69) is 50.8 Å². The molecule has 104 valence electrons. The minimum absolute atomic E-state index is 0.0507. The molecular weight excluding hydrogens is 384 g/mol. The molecule has 0 N–H and O–H groups in total. The van der Waals surface area contributed by atoms with Crippen molar-refractivity contribution in [2.24, 2.45) is 5.41 Å². The summed E-state index contributed by atoms with van der Waals surface area (Å²) in [7, 11) is 0. The van der Waals surface area contributed by atoms with E-state index >= 15 is 0 Å². The summed E-state index contributed by atoms with van der Waals surface area (Å²) in [4.78, 5) is 12.3. The van der Waals surface area contributed by atoms with Gasteiger partial charge in [-0.2, -0.15) is 5.10 Å². The van der Waals surface area contributed by atoms with Gasteiger partial charge in [0, 0.05) is 5.41 Å². The lowest BCUT2D eigenvalue weighted by Gasteiger charge is -2.38. The maximum atomic E-state index is 12.5. The number of ketones is 1. The molecule has 0 bridgehead atoms. The number of Topliss-reactive ketones (excluding diaryl/α,β-unsaturated/α-hetero) is 1. The van der Waals surface area contributed by atoms with E-state index in [-0.39, 0.29) is 20.9 Å². The number of fused-ring (bicyclic) bond motifs is 1. The summed E-state index contributed by atoms with van der Waals surface area (Å²) in [5, 5.41) is 4.41. The highest BCUT2D eigenvalue weighted by atomic mass is 79.9. The molecular formula is C15H14Br2N2O. The number of para-hydroxylation sites is 1. The summed E-state index contributed by atoms with van der Waals surface area (Å²) in [6.07, 6.45) is 1.67. The molecule has 0 amide bonds. The van der Waals surface area contributed by atoms with Gasteiger partial charge < -0.3 is 0 Å². The molecule has 2 atom stereocenters. The molecule has 0 saturated carbocycles. The van der Waals surface area contributed by atoms with Crippen LogP contribution in [0.1, 0.15) is 34.7 Å². The predicted octanol–water partition coefficient (Wildman–Crippen LogP) is 4.29. The number of rotatable bonds is 1. The van der Waals surface area contributed by atoms with Gasteiger partial charge in [0.05, 0.1) is 32.8 Å². The van der Waals surface area contributed by atoms with Gasteiger partial charge >= 0.3 is 0 Å². The highest BCUT2D eigenvalue weighted by Gasteiger charge is 2.48. The van der Waals surface area contributed by atoms with Crippen molar-refractivity contribution in [3.05, 3.63) is 47.8 Å². The molecule has 1 heterocycles. The highest BCUT2D eigenvalue weighted by Crippen LogP contribution is 2.51. The third kappa shape index (κ3) is 1.91. The zero-order valence-electron chi connectivity index (χ0n) is 11.2. The second-order valence-electron chi connectivity index (χ2n) is 5.60. The quantitative estimate of drug-likeness (QED) is 0.672. The van der Waals surface area contributed by atoms with Crippen molar-refractivity contribution < 1.29 is 4.79 Å². The van der Waals surface area contributed by atoms with Crippen LogP contribution in [-0.4, -0.2) is 20.4 Å². The van der Waals surface area contributed by atoms with Crippen LogP contribution >= 0.6 is 31.9 Å². The summed E-state index contributed by atoms with van der Waals surface area (Å²) in [5.74, 6) is 0.0999. The Labute approximate surface area is 134 Å². The molecule has 20 heavy (non-hydrogen) atoms. The Kier molecular flexibility index (Phi) is 3.37. The van der Waals surface area contributed by atoms with E-state index in [1.165, 1.54) is 0 Å². The molecule has 0 radical (unpaired) electrons. The lowest BCUT2D eigenvalue weighted by molar-refractivity contribution is 0.0927. The van der Waals surface area contributed by atoms with Gasteiger partial charge in [0.1, 0.15) is 0 Å². The average molecular weight is 398 g/mol. The van der Waals surface area contributed by atoms with E-state index in [0.717, 1.165) is 11.4 Å². The molecule has 3 rings (SSSR count). The van der Waals surface area contributed by atoms with Crippen LogP contribution in [0.3, 0.4) is 0 Å². The Balaban J connectivity index is 2.22. The summed E-state index contributed by atoms with van der Waals surface area (Å²) in [6, 6.07) is 9.88. The molecule has 1 aromatic heterocycles. The van der Waals surface area contributed by atoms with Crippen molar-refractivity contribution in [3.63, 3.8) is 0 Å². The highest BCUT2D eigenvalue weighted by molar-refractivity contribution is 9.10. The van der Waals surface area contributed by atoms with Crippen molar-refractivity contribution in [3.8, 4) is 5.69 Å². The van der Waals surface area contributed by atoms with E-state index in [1.54, 1.807) is 6.20 Å². The molecule has 1 aliphatic carbocycles. The van der Waals surface area contributed by atoms with E-state index in [1.807, 2.05) is 35.0 Å². The topological polar surface area (TPSA) is 34.9 Å². The van der Waals surface area contributed by atoms with Gasteiger partial charge in [0.2, 0.25) is 0 Å². The number of alkyl halides is 2. The average Bonchev–Trinajstić information content (AvgIpc) is 2.89. The first-order valence-corrected chi connectivity index (χ1v) is 8.23. The van der Waals surface area contributed by atoms with E-state index < -0.39 is 0 Å². The standard InChI is InChI=1S/C15H14Br2N2O/c1-15(2)13(16)11-10(12(20)14(15)17)8-18-19(11)9-6-4-3-5-7-9/h3-8,13-14H,1-2H3/t13-,14+/m1/s1. The summed E-state index contributed by atoms with van der Waals surface area (Å²) in [6.45, 7) is 4.16. The van der Waals surface area contributed by atoms with E-state index in [9.17, 15) is 4.79 Å². The SMILES string of the molecule is CC1(C)[C@H](Br)c2c(cnn2-c2ccccc2)C(=O)[C@@H]1Br. The lowest BCUT2D eigenvalue weighted by atomic mass is 9.76. The van der Waals surface area contributed by atoms with Gasteiger partial charge in [0.15, 0.2) is 5.78 Å². The number of halogens is 2. The molecule has 0 aliphatic heterocycles. The Bertz CT molecular complexity index is 664. The van der Waals surface area contributed by atoms with Crippen molar-refractivity contribution in [2.45, 2.75) is 23.5 Å². The van der Waals surface area contributed by atoms with Gasteiger partial charge in [-0.3, -0.25) is 4.79 Å². The van der Waals surface area contributed by atoms with Crippen LogP contribution in [-0.2, 0) is 0 Å². The molecule has 0 spiro atoms. The second kappa shape index (κ2) is 4.81. The van der Waals surface area contributed by atoms with Crippen LogP contribution in [0.5, 0.6) is 0 Å². The first-order chi connectivity index (χ1) is 9.44. The monoisotopic (exact) mass is 396 g/mol.